The van der Waals surface area contributed by atoms with E-state index in [4.69, 9.17) is 19.3 Å². The number of ether oxygens (including phenoxy) is 3. The first-order valence-corrected chi connectivity index (χ1v) is 12.6. The maximum absolute atomic E-state index is 11.9. The molecular weight excluding hydrogens is 414 g/mol. The van der Waals surface area contributed by atoms with Crippen molar-refractivity contribution in [3.8, 4) is 0 Å². The highest BCUT2D eigenvalue weighted by Crippen LogP contribution is 2.03. The number of likely N-dealkylation sites (N-methyl/N-ethyl adjacent to an activating group) is 1. The molecule has 27 heavy (non-hydrogen) atoms. The molecule has 0 rings (SSSR count). The largest absolute Gasteiger partial charge is 0.481 e. The Bertz CT molecular complexity index is 463. The van der Waals surface area contributed by atoms with Crippen molar-refractivity contribution in [1.29, 1.82) is 0 Å². The predicted molar refractivity (Wildman–Crippen MR) is 111 cm³/mol. The first kappa shape index (κ1) is 27.0. The number of sulfone groups is 1. The van der Waals surface area contributed by atoms with Crippen LogP contribution in [0.3, 0.4) is 0 Å². The molecular formula is C16H34NO7S3+. The Hall–Kier alpha value is -0.0400. The van der Waals surface area contributed by atoms with E-state index in [2.05, 4.69) is 12.6 Å². The monoisotopic (exact) mass is 448 g/mol. The van der Waals surface area contributed by atoms with Crippen molar-refractivity contribution >= 4 is 40.2 Å². The summed E-state index contributed by atoms with van der Waals surface area (Å²) in [6, 6.07) is 0. The summed E-state index contributed by atoms with van der Waals surface area (Å²) in [5.41, 5.74) is 0. The highest BCUT2D eigenvalue weighted by atomic mass is 32.2. The number of aliphatic carboxylic acids is 1. The van der Waals surface area contributed by atoms with Crippen molar-refractivity contribution in [3.63, 3.8) is 0 Å². The molecule has 0 heterocycles. The normalized spacial score (nSPS) is 13.0. The Morgan fingerprint density at radius 1 is 0.963 bits per heavy atom. The van der Waals surface area contributed by atoms with Gasteiger partial charge >= 0.3 is 5.97 Å². The van der Waals surface area contributed by atoms with E-state index < -0.39 is 15.8 Å². The van der Waals surface area contributed by atoms with Gasteiger partial charge in [-0.25, -0.2) is 8.42 Å². The zero-order valence-corrected chi connectivity index (χ0v) is 18.6. The second-order valence-corrected chi connectivity index (χ2v) is 9.90. The van der Waals surface area contributed by atoms with Gasteiger partial charge in [0.05, 0.1) is 71.2 Å². The molecule has 0 fully saturated rings. The Balaban J connectivity index is 3.49. The molecule has 1 unspecified atom stereocenters. The van der Waals surface area contributed by atoms with E-state index in [-0.39, 0.29) is 24.5 Å². The second kappa shape index (κ2) is 18.0. The van der Waals surface area contributed by atoms with E-state index in [1.807, 2.05) is 7.05 Å². The molecule has 0 aliphatic carbocycles. The fourth-order valence-electron chi connectivity index (χ4n) is 1.87. The van der Waals surface area contributed by atoms with Crippen molar-refractivity contribution in [3.05, 3.63) is 0 Å². The number of quaternary nitrogens is 1. The number of rotatable bonds is 20. The summed E-state index contributed by atoms with van der Waals surface area (Å²) in [6.07, 6.45) is 0.118. The van der Waals surface area contributed by atoms with Crippen LogP contribution in [0.5, 0.6) is 0 Å². The van der Waals surface area contributed by atoms with Crippen LogP contribution in [0.1, 0.15) is 6.42 Å². The van der Waals surface area contributed by atoms with Crippen molar-refractivity contribution in [2.75, 3.05) is 88.5 Å². The minimum absolute atomic E-state index is 0.0146. The molecule has 0 saturated carbocycles. The topological polar surface area (TPSA) is 104 Å². The third-order valence-corrected chi connectivity index (χ3v) is 6.50. The number of carboxylic acids is 1. The van der Waals surface area contributed by atoms with Gasteiger partial charge in [-0.05, 0) is 0 Å². The molecule has 0 aromatic carbocycles. The third kappa shape index (κ3) is 20.5. The first-order valence-electron chi connectivity index (χ1n) is 9.02. The zero-order valence-electron chi connectivity index (χ0n) is 16.1. The van der Waals surface area contributed by atoms with Crippen LogP contribution in [0, 0.1) is 0 Å². The van der Waals surface area contributed by atoms with Gasteiger partial charge in [-0.15, -0.1) is 0 Å². The molecule has 0 aromatic heterocycles. The van der Waals surface area contributed by atoms with E-state index in [0.717, 1.165) is 10.7 Å². The molecule has 0 aromatic rings. The molecule has 2 N–H and O–H groups in total. The molecule has 11 heteroatoms. The summed E-state index contributed by atoms with van der Waals surface area (Å²) in [5.74, 6) is 1.33. The zero-order chi connectivity index (χ0) is 20.4. The van der Waals surface area contributed by atoms with E-state index in [1.165, 1.54) is 0 Å². The highest BCUT2D eigenvalue weighted by molar-refractivity contribution is 8.00. The van der Waals surface area contributed by atoms with E-state index in [0.29, 0.717) is 57.6 Å². The number of nitrogens with one attached hydrogen (secondary N) is 1. The van der Waals surface area contributed by atoms with Crippen molar-refractivity contribution in [2.24, 2.45) is 0 Å². The number of carbonyl (C=O) groups is 1. The predicted octanol–water partition coefficient (Wildman–Crippen LogP) is -0.897. The van der Waals surface area contributed by atoms with Crippen LogP contribution in [0.4, 0.5) is 0 Å². The van der Waals surface area contributed by atoms with E-state index >= 15 is 0 Å². The van der Waals surface area contributed by atoms with Gasteiger partial charge in [0.15, 0.2) is 9.84 Å². The maximum Gasteiger partial charge on any atom is 0.309 e. The molecule has 1 atom stereocenters. The minimum atomic E-state index is -3.11. The van der Waals surface area contributed by atoms with Gasteiger partial charge in [0.25, 0.3) is 0 Å². The van der Waals surface area contributed by atoms with E-state index in [1.54, 1.807) is 11.8 Å². The van der Waals surface area contributed by atoms with Gasteiger partial charge in [-0.2, -0.15) is 24.4 Å². The lowest BCUT2D eigenvalue weighted by atomic mass is 10.4. The molecule has 0 radical (unpaired) electrons. The number of carboxylic acid groups (broad SMARTS) is 1. The van der Waals surface area contributed by atoms with Crippen LogP contribution < -0.4 is 4.90 Å². The number of thioether (sulfide) groups is 1. The number of thiol groups is 1. The fourth-order valence-corrected chi connectivity index (χ4v) is 4.51. The minimum Gasteiger partial charge on any atom is -0.481 e. The van der Waals surface area contributed by atoms with Gasteiger partial charge in [0.2, 0.25) is 0 Å². The van der Waals surface area contributed by atoms with Crippen LogP contribution in [0.15, 0.2) is 0 Å². The van der Waals surface area contributed by atoms with Gasteiger partial charge < -0.3 is 24.2 Å². The lowest BCUT2D eigenvalue weighted by Crippen LogP contribution is -3.09. The molecule has 8 nitrogen and oxygen atoms in total. The Labute approximate surface area is 172 Å². The molecule has 162 valence electrons. The van der Waals surface area contributed by atoms with Crippen LogP contribution in [0.2, 0.25) is 0 Å². The Kier molecular flexibility index (Phi) is 18.0. The Morgan fingerprint density at radius 3 is 2.30 bits per heavy atom. The summed E-state index contributed by atoms with van der Waals surface area (Å²) in [5, 5.41) is 8.61. The molecule has 0 saturated heterocycles. The summed E-state index contributed by atoms with van der Waals surface area (Å²) < 4.78 is 39.8. The molecule has 0 aliphatic heterocycles. The quantitative estimate of drug-likeness (QED) is 0.163. The molecule has 0 aliphatic rings. The highest BCUT2D eigenvalue weighted by Gasteiger charge is 2.11. The average molecular weight is 449 g/mol. The number of hydrogen-bond donors (Lipinski definition) is 3. The van der Waals surface area contributed by atoms with E-state index in [9.17, 15) is 13.2 Å². The number of hydrogen-bond acceptors (Lipinski definition) is 8. The molecule has 0 bridgehead atoms. The lowest BCUT2D eigenvalue weighted by molar-refractivity contribution is -0.879. The van der Waals surface area contributed by atoms with Crippen molar-refractivity contribution < 1.29 is 37.4 Å². The second-order valence-electron chi connectivity index (χ2n) is 5.93. The summed E-state index contributed by atoms with van der Waals surface area (Å²) >= 11 is 5.59. The average Bonchev–Trinajstić information content (AvgIpc) is 2.61. The maximum atomic E-state index is 11.9. The fraction of sp³-hybridized carbons (Fsp3) is 0.938. The van der Waals surface area contributed by atoms with Gasteiger partial charge in [0.1, 0.15) is 6.54 Å². The van der Waals surface area contributed by atoms with Gasteiger partial charge in [-0.1, -0.05) is 0 Å². The van der Waals surface area contributed by atoms with Crippen LogP contribution in [0.25, 0.3) is 0 Å². The summed E-state index contributed by atoms with van der Waals surface area (Å²) in [6.45, 7) is 4.07. The third-order valence-electron chi connectivity index (χ3n) is 3.50. The smallest absolute Gasteiger partial charge is 0.309 e. The summed E-state index contributed by atoms with van der Waals surface area (Å²) in [7, 11) is -1.22. The molecule has 0 amide bonds. The Morgan fingerprint density at radius 2 is 1.63 bits per heavy atom. The van der Waals surface area contributed by atoms with Crippen molar-refractivity contribution in [2.45, 2.75) is 6.42 Å². The first-order chi connectivity index (χ1) is 12.9. The summed E-state index contributed by atoms with van der Waals surface area (Å²) in [4.78, 5) is 11.5. The SMILES string of the molecule is C[NH+](CCOCCS(=O)(=O)CCSCCOCCOCCS)CCC(=O)O. The van der Waals surface area contributed by atoms with Crippen LogP contribution in [-0.2, 0) is 28.8 Å². The standard InChI is InChI=1S/C16H33NO7S3/c1-17(3-2-16(18)19)4-5-22-10-14-27(20,21)15-13-26-12-9-24-7-6-23-8-11-25/h25H,2-15H2,1H3,(H,18,19)/p+1. The molecule has 0 spiro atoms. The lowest BCUT2D eigenvalue weighted by Gasteiger charge is -2.12. The van der Waals surface area contributed by atoms with Crippen LogP contribution >= 0.6 is 24.4 Å². The van der Waals surface area contributed by atoms with Gasteiger partial charge in [0, 0.05) is 17.3 Å². The van der Waals surface area contributed by atoms with Crippen LogP contribution in [-0.4, -0.2) is 108 Å². The van der Waals surface area contributed by atoms with Gasteiger partial charge in [-0.3, -0.25) is 4.79 Å². The van der Waals surface area contributed by atoms with Crippen molar-refractivity contribution in [1.82, 2.24) is 0 Å².